The van der Waals surface area contributed by atoms with Crippen LogP contribution in [0.15, 0.2) is 30.6 Å². The highest BCUT2D eigenvalue weighted by Crippen LogP contribution is 2.30. The van der Waals surface area contributed by atoms with Crippen molar-refractivity contribution in [2.45, 2.75) is 0 Å². The summed E-state index contributed by atoms with van der Waals surface area (Å²) in [5.74, 6) is -1.80. The number of carbonyl (C=O) groups excluding carboxylic acids is 1. The molecule has 0 saturated heterocycles. The number of hydrogen-bond donors (Lipinski definition) is 2. The van der Waals surface area contributed by atoms with E-state index in [2.05, 4.69) is 15.5 Å². The topological polar surface area (TPSA) is 92.2 Å². The van der Waals surface area contributed by atoms with E-state index in [1.807, 2.05) is 0 Å². The lowest BCUT2D eigenvalue weighted by atomic mass is 10.1. The molecule has 0 aliphatic heterocycles. The Morgan fingerprint density at radius 2 is 1.95 bits per heavy atom. The van der Waals surface area contributed by atoms with E-state index < -0.39 is 11.9 Å². The summed E-state index contributed by atoms with van der Waals surface area (Å²) in [5.41, 5.74) is 0.00518. The molecule has 1 aromatic heterocycles. The summed E-state index contributed by atoms with van der Waals surface area (Å²) < 4.78 is 0. The number of halogens is 2. The number of hydrogen-bond acceptors (Lipinski definition) is 4. The number of aromatic nitrogens is 2. The molecule has 2 N–H and O–H groups in total. The molecule has 0 radical (unpaired) electrons. The number of nitrogens with one attached hydrogen (secondary N) is 1. The Kier molecular flexibility index (Phi) is 4.16. The average Bonchev–Trinajstić information content (AvgIpc) is 2.42. The number of benzene rings is 1. The molecule has 1 heterocycles. The van der Waals surface area contributed by atoms with Gasteiger partial charge in [0.1, 0.15) is 0 Å². The Hall–Kier alpha value is -2.18. The quantitative estimate of drug-likeness (QED) is 0.909. The van der Waals surface area contributed by atoms with Gasteiger partial charge in [0.15, 0.2) is 0 Å². The molecule has 0 aliphatic carbocycles. The molecule has 0 unspecified atom stereocenters. The predicted octanol–water partition coefficient (Wildman–Crippen LogP) is 2.73. The number of amides is 1. The lowest BCUT2D eigenvalue weighted by Gasteiger charge is -2.10. The van der Waals surface area contributed by atoms with Crippen LogP contribution < -0.4 is 5.32 Å². The van der Waals surface area contributed by atoms with E-state index in [4.69, 9.17) is 28.3 Å². The van der Waals surface area contributed by atoms with Crippen molar-refractivity contribution in [1.82, 2.24) is 10.2 Å². The average molecular weight is 312 g/mol. The van der Waals surface area contributed by atoms with Crippen molar-refractivity contribution in [2.75, 3.05) is 5.32 Å². The van der Waals surface area contributed by atoms with Crippen LogP contribution in [0.4, 0.5) is 5.69 Å². The number of anilines is 1. The maximum Gasteiger partial charge on any atom is 0.337 e. The molecule has 0 bridgehead atoms. The summed E-state index contributed by atoms with van der Waals surface area (Å²) >= 11 is 11.7. The van der Waals surface area contributed by atoms with Crippen molar-refractivity contribution in [3.63, 3.8) is 0 Å². The molecule has 8 heteroatoms. The fourth-order valence-corrected chi connectivity index (χ4v) is 2.02. The first-order valence-electron chi connectivity index (χ1n) is 5.29. The van der Waals surface area contributed by atoms with E-state index in [9.17, 15) is 9.59 Å². The zero-order valence-corrected chi connectivity index (χ0v) is 11.3. The van der Waals surface area contributed by atoms with Crippen molar-refractivity contribution in [3.8, 4) is 0 Å². The van der Waals surface area contributed by atoms with E-state index in [0.717, 1.165) is 0 Å². The van der Waals surface area contributed by atoms with Crippen LogP contribution in [0.5, 0.6) is 0 Å². The smallest absolute Gasteiger partial charge is 0.337 e. The van der Waals surface area contributed by atoms with Crippen molar-refractivity contribution in [3.05, 3.63) is 51.8 Å². The molecular weight excluding hydrogens is 305 g/mol. The molecule has 0 spiro atoms. The Balaban J connectivity index is 2.39. The third kappa shape index (κ3) is 3.04. The second-order valence-electron chi connectivity index (χ2n) is 3.70. The van der Waals surface area contributed by atoms with Crippen LogP contribution in [0.25, 0.3) is 0 Å². The van der Waals surface area contributed by atoms with E-state index in [-0.39, 0.29) is 26.9 Å². The number of nitrogens with zero attached hydrogens (tertiary/aromatic N) is 2. The Morgan fingerprint density at radius 3 is 2.55 bits per heavy atom. The summed E-state index contributed by atoms with van der Waals surface area (Å²) in [4.78, 5) is 23.1. The second-order valence-corrected chi connectivity index (χ2v) is 4.54. The fraction of sp³-hybridized carbons (Fsp3) is 0. The number of rotatable bonds is 3. The molecule has 0 fully saturated rings. The first-order valence-corrected chi connectivity index (χ1v) is 6.05. The van der Waals surface area contributed by atoms with Crippen molar-refractivity contribution in [2.24, 2.45) is 0 Å². The van der Waals surface area contributed by atoms with Crippen molar-refractivity contribution in [1.29, 1.82) is 0 Å². The minimum atomic E-state index is -1.25. The molecule has 0 atom stereocenters. The molecule has 20 heavy (non-hydrogen) atoms. The van der Waals surface area contributed by atoms with E-state index in [1.54, 1.807) is 0 Å². The molecule has 2 rings (SSSR count). The largest absolute Gasteiger partial charge is 0.478 e. The Labute approximate surface area is 123 Å². The van der Waals surface area contributed by atoms with Gasteiger partial charge in [-0.05, 0) is 18.2 Å². The van der Waals surface area contributed by atoms with Gasteiger partial charge in [0.2, 0.25) is 0 Å². The lowest BCUT2D eigenvalue weighted by molar-refractivity contribution is 0.0698. The van der Waals surface area contributed by atoms with Crippen LogP contribution in [0, 0.1) is 0 Å². The highest BCUT2D eigenvalue weighted by atomic mass is 35.5. The van der Waals surface area contributed by atoms with Crippen LogP contribution in [-0.2, 0) is 0 Å². The number of carboxylic acids is 1. The van der Waals surface area contributed by atoms with Gasteiger partial charge in [-0.15, -0.1) is 0 Å². The first-order chi connectivity index (χ1) is 9.49. The molecule has 1 amide bonds. The Bertz CT molecular complexity index is 677. The van der Waals surface area contributed by atoms with Crippen LogP contribution in [0.2, 0.25) is 10.0 Å². The minimum Gasteiger partial charge on any atom is -0.478 e. The number of carbonyl (C=O) groups is 2. The second kappa shape index (κ2) is 5.85. The zero-order chi connectivity index (χ0) is 14.7. The van der Waals surface area contributed by atoms with Crippen LogP contribution in [-0.4, -0.2) is 27.2 Å². The molecule has 0 aliphatic rings. The highest BCUT2D eigenvalue weighted by molar-refractivity contribution is 6.38. The van der Waals surface area contributed by atoms with Crippen molar-refractivity contribution < 1.29 is 14.7 Å². The van der Waals surface area contributed by atoms with Gasteiger partial charge in [0.05, 0.1) is 34.2 Å². The first kappa shape index (κ1) is 14.2. The summed E-state index contributed by atoms with van der Waals surface area (Å²) in [6.07, 6.45) is 2.59. The van der Waals surface area contributed by atoms with E-state index in [0.29, 0.717) is 0 Å². The van der Waals surface area contributed by atoms with Gasteiger partial charge in [-0.3, -0.25) is 4.79 Å². The molecule has 1 aromatic carbocycles. The zero-order valence-electron chi connectivity index (χ0n) is 9.80. The SMILES string of the molecule is O=C(Nc1c(Cl)cc(Cl)cc1C(=O)O)c1ccnnc1. The monoisotopic (exact) mass is 311 g/mol. The third-order valence-corrected chi connectivity index (χ3v) is 2.89. The molecular formula is C12H7Cl2N3O3. The molecule has 2 aromatic rings. The van der Waals surface area contributed by atoms with Crippen molar-refractivity contribution >= 4 is 40.8 Å². The van der Waals surface area contributed by atoms with Gasteiger partial charge in [0, 0.05) is 5.02 Å². The summed E-state index contributed by atoms with van der Waals surface area (Å²) in [6, 6.07) is 3.98. The number of aromatic carboxylic acids is 1. The fourth-order valence-electron chi connectivity index (χ4n) is 1.48. The summed E-state index contributed by atoms with van der Waals surface area (Å²) in [6.45, 7) is 0. The van der Waals surface area contributed by atoms with Gasteiger partial charge in [0.25, 0.3) is 5.91 Å². The van der Waals surface area contributed by atoms with E-state index in [1.165, 1.54) is 30.6 Å². The van der Waals surface area contributed by atoms with Crippen LogP contribution in [0.1, 0.15) is 20.7 Å². The maximum absolute atomic E-state index is 12.0. The lowest BCUT2D eigenvalue weighted by Crippen LogP contribution is -2.15. The number of carboxylic acid groups (broad SMARTS) is 1. The Morgan fingerprint density at radius 1 is 1.20 bits per heavy atom. The summed E-state index contributed by atoms with van der Waals surface area (Å²) in [7, 11) is 0. The minimum absolute atomic E-state index is 0.0228. The van der Waals surface area contributed by atoms with Crippen LogP contribution in [0.3, 0.4) is 0 Å². The molecule has 6 nitrogen and oxygen atoms in total. The predicted molar refractivity (Wildman–Crippen MR) is 73.4 cm³/mol. The van der Waals surface area contributed by atoms with Crippen LogP contribution >= 0.6 is 23.2 Å². The van der Waals surface area contributed by atoms with Gasteiger partial charge in [-0.1, -0.05) is 23.2 Å². The molecule has 102 valence electrons. The highest BCUT2D eigenvalue weighted by Gasteiger charge is 2.18. The van der Waals surface area contributed by atoms with Gasteiger partial charge in [-0.2, -0.15) is 10.2 Å². The summed E-state index contributed by atoms with van der Waals surface area (Å²) in [5, 5.41) is 18.8. The normalized spacial score (nSPS) is 10.1. The standard InChI is InChI=1S/C12H7Cl2N3O3/c13-7-3-8(12(19)20)10(9(14)4-7)17-11(18)6-1-2-15-16-5-6/h1-5H,(H,17,18)(H,19,20). The van der Waals surface area contributed by atoms with E-state index >= 15 is 0 Å². The molecule has 0 saturated carbocycles. The maximum atomic E-state index is 12.0. The van der Waals surface area contributed by atoms with Gasteiger partial charge >= 0.3 is 5.97 Å². The van der Waals surface area contributed by atoms with Gasteiger partial charge in [-0.25, -0.2) is 4.79 Å². The third-order valence-electron chi connectivity index (χ3n) is 2.37. The van der Waals surface area contributed by atoms with Gasteiger partial charge < -0.3 is 10.4 Å².